The molecule has 1 atom stereocenters. The molecule has 2 aromatic heterocycles. The molecule has 7 heteroatoms. The number of aromatic amines is 1. The number of fused-ring (bicyclic) bond motifs is 2. The van der Waals surface area contributed by atoms with Gasteiger partial charge in [-0.15, -0.1) is 6.42 Å². The third-order valence-electron chi connectivity index (χ3n) is 5.84. The summed E-state index contributed by atoms with van der Waals surface area (Å²) in [4.78, 5) is 16.8. The number of terminal acetylenes is 1. The summed E-state index contributed by atoms with van der Waals surface area (Å²) in [5.41, 5.74) is 5.81. The lowest BCUT2D eigenvalue weighted by Gasteiger charge is -2.16. The van der Waals surface area contributed by atoms with E-state index in [2.05, 4.69) is 52.2 Å². The van der Waals surface area contributed by atoms with Crippen LogP contribution < -0.4 is 10.1 Å². The first-order valence-electron chi connectivity index (χ1n) is 11.4. The zero-order valence-corrected chi connectivity index (χ0v) is 19.5. The topological polar surface area (TPSA) is 96.0 Å². The Hall–Kier alpha value is -4.41. The first kappa shape index (κ1) is 22.4. The number of para-hydroxylation sites is 1. The molecule has 5 rings (SSSR count). The van der Waals surface area contributed by atoms with E-state index in [1.807, 2.05) is 48.5 Å². The highest BCUT2D eigenvalue weighted by Gasteiger charge is 2.18. The van der Waals surface area contributed by atoms with Crippen LogP contribution >= 0.6 is 0 Å². The first-order chi connectivity index (χ1) is 17.0. The number of nitrogens with one attached hydrogen (secondary N) is 2. The minimum atomic E-state index is -1.15. The number of aliphatic hydroxyl groups is 1. The van der Waals surface area contributed by atoms with Crippen molar-refractivity contribution in [2.45, 2.75) is 26.0 Å². The number of imidazole rings is 1. The number of rotatable bonds is 7. The third-order valence-corrected chi connectivity index (χ3v) is 5.84. The fraction of sp³-hybridized carbons (Fsp3) is 0.179. The van der Waals surface area contributed by atoms with Gasteiger partial charge in [0, 0.05) is 10.9 Å². The second kappa shape index (κ2) is 9.45. The average Bonchev–Trinajstić information content (AvgIpc) is 3.37. The van der Waals surface area contributed by atoms with Gasteiger partial charge in [0.05, 0.1) is 28.7 Å². The molecule has 0 saturated heterocycles. The number of aromatic nitrogens is 4. The second-order valence-electron chi connectivity index (χ2n) is 8.53. The van der Waals surface area contributed by atoms with Crippen molar-refractivity contribution in [2.24, 2.45) is 0 Å². The van der Waals surface area contributed by atoms with Crippen LogP contribution in [0.4, 0.5) is 5.69 Å². The van der Waals surface area contributed by atoms with Crippen LogP contribution in [0.25, 0.3) is 33.2 Å². The summed E-state index contributed by atoms with van der Waals surface area (Å²) in [5.74, 6) is 3.79. The van der Waals surface area contributed by atoms with Gasteiger partial charge in [0.1, 0.15) is 17.9 Å². The van der Waals surface area contributed by atoms with Gasteiger partial charge >= 0.3 is 0 Å². The average molecular weight is 464 g/mol. The zero-order valence-electron chi connectivity index (χ0n) is 19.5. The number of aliphatic hydroxyl groups excluding tert-OH is 1. The number of hydrogen-bond donors (Lipinski definition) is 3. The summed E-state index contributed by atoms with van der Waals surface area (Å²) in [5, 5.41) is 15.0. The van der Waals surface area contributed by atoms with Crippen molar-refractivity contribution in [2.75, 3.05) is 11.9 Å². The number of anilines is 1. The van der Waals surface area contributed by atoms with Gasteiger partial charge in [-0.25, -0.2) is 15.0 Å². The maximum Gasteiger partial charge on any atom is 0.186 e. The molecule has 3 N–H and O–H groups in total. The van der Waals surface area contributed by atoms with Crippen molar-refractivity contribution in [3.8, 4) is 29.4 Å². The quantitative estimate of drug-likeness (QED) is 0.221. The molecule has 0 amide bonds. The predicted octanol–water partition coefficient (Wildman–Crippen LogP) is 5.41. The van der Waals surface area contributed by atoms with Crippen molar-refractivity contribution >= 4 is 27.6 Å². The largest absolute Gasteiger partial charge is 0.481 e. The van der Waals surface area contributed by atoms with Gasteiger partial charge in [-0.2, -0.15) is 0 Å². The molecule has 0 fully saturated rings. The smallest absolute Gasteiger partial charge is 0.186 e. The van der Waals surface area contributed by atoms with E-state index < -0.39 is 6.23 Å². The van der Waals surface area contributed by atoms with E-state index in [0.717, 1.165) is 22.0 Å². The normalized spacial score (nSPS) is 12.1. The molecule has 0 aliphatic carbocycles. The molecule has 3 aromatic carbocycles. The van der Waals surface area contributed by atoms with Crippen LogP contribution in [-0.2, 0) is 0 Å². The molecule has 0 spiro atoms. The van der Waals surface area contributed by atoms with Gasteiger partial charge < -0.3 is 20.1 Å². The highest BCUT2D eigenvalue weighted by Crippen LogP contribution is 2.32. The molecule has 35 heavy (non-hydrogen) atoms. The van der Waals surface area contributed by atoms with E-state index in [1.54, 1.807) is 6.33 Å². The summed E-state index contributed by atoms with van der Waals surface area (Å²) in [6.07, 6.45) is 5.82. The number of benzene rings is 3. The van der Waals surface area contributed by atoms with Crippen LogP contribution in [0.15, 0.2) is 67.0 Å². The number of nitrogens with zero attached hydrogens (tertiary/aromatic N) is 3. The van der Waals surface area contributed by atoms with Gasteiger partial charge in [-0.3, -0.25) is 0 Å². The molecular formula is C28H25N5O2. The molecule has 0 radical (unpaired) electrons. The molecule has 0 aliphatic rings. The summed E-state index contributed by atoms with van der Waals surface area (Å²) in [7, 11) is 0. The fourth-order valence-corrected chi connectivity index (χ4v) is 4.00. The summed E-state index contributed by atoms with van der Waals surface area (Å²) >= 11 is 0. The Bertz CT molecular complexity index is 1530. The molecule has 2 heterocycles. The van der Waals surface area contributed by atoms with E-state index in [4.69, 9.17) is 16.1 Å². The van der Waals surface area contributed by atoms with Gasteiger partial charge in [0.25, 0.3) is 0 Å². The van der Waals surface area contributed by atoms with E-state index in [9.17, 15) is 5.11 Å². The Labute approximate surface area is 203 Å². The molecular weight excluding hydrogens is 438 g/mol. The fourth-order valence-electron chi connectivity index (χ4n) is 4.00. The molecule has 174 valence electrons. The lowest BCUT2D eigenvalue weighted by Crippen LogP contribution is -2.14. The maximum absolute atomic E-state index is 11.1. The minimum Gasteiger partial charge on any atom is -0.481 e. The number of H-pyrrole nitrogens is 1. The van der Waals surface area contributed by atoms with Crippen molar-refractivity contribution in [3.63, 3.8) is 0 Å². The van der Waals surface area contributed by atoms with Crippen molar-refractivity contribution in [1.82, 2.24) is 19.9 Å². The molecule has 0 aliphatic heterocycles. The zero-order chi connectivity index (χ0) is 24.4. The maximum atomic E-state index is 11.1. The van der Waals surface area contributed by atoms with Crippen LogP contribution in [0.5, 0.6) is 5.75 Å². The SMILES string of the molecule is C#CCOc1ccc2nc(C(O)Nc3cccc4[nH]cnc34)nc(-c3ccc(C(C)C)cc3)c2c1. The van der Waals surface area contributed by atoms with E-state index in [1.165, 1.54) is 5.56 Å². The lowest BCUT2D eigenvalue weighted by molar-refractivity contribution is 0.198. The molecule has 1 unspecified atom stereocenters. The standard InChI is InChI=1S/C28H25N5O2/c1-4-14-35-20-12-13-22-21(15-20)25(19-10-8-18(9-11-19)17(2)3)33-27(31-22)28(34)32-24-7-5-6-23-26(24)30-16-29-23/h1,5-13,15-17,28,32,34H,14H2,2-3H3,(H,29,30). The second-order valence-corrected chi connectivity index (χ2v) is 8.53. The van der Waals surface area contributed by atoms with Gasteiger partial charge in [0.15, 0.2) is 12.1 Å². The van der Waals surface area contributed by atoms with Crippen LogP contribution in [0.3, 0.4) is 0 Å². The number of hydrogen-bond acceptors (Lipinski definition) is 6. The third kappa shape index (κ3) is 4.52. The van der Waals surface area contributed by atoms with Gasteiger partial charge in [0.2, 0.25) is 0 Å². The minimum absolute atomic E-state index is 0.171. The summed E-state index contributed by atoms with van der Waals surface area (Å²) in [6.45, 7) is 4.48. The monoisotopic (exact) mass is 463 g/mol. The van der Waals surface area contributed by atoms with Crippen LogP contribution in [-0.4, -0.2) is 31.6 Å². The predicted molar refractivity (Wildman–Crippen MR) is 138 cm³/mol. The molecule has 0 bridgehead atoms. The molecule has 0 saturated carbocycles. The van der Waals surface area contributed by atoms with Gasteiger partial charge in [-0.05, 0) is 41.8 Å². The van der Waals surface area contributed by atoms with Crippen LogP contribution in [0.1, 0.15) is 37.4 Å². The van der Waals surface area contributed by atoms with Crippen molar-refractivity contribution < 1.29 is 9.84 Å². The van der Waals surface area contributed by atoms with E-state index in [-0.39, 0.29) is 12.4 Å². The molecule has 5 aromatic rings. The van der Waals surface area contributed by atoms with Crippen LogP contribution in [0, 0.1) is 12.3 Å². The Morgan fingerprint density at radius 1 is 1.09 bits per heavy atom. The lowest BCUT2D eigenvalue weighted by atomic mass is 9.99. The Balaban J connectivity index is 1.59. The number of ether oxygens (including phenoxy) is 1. The Morgan fingerprint density at radius 3 is 2.69 bits per heavy atom. The van der Waals surface area contributed by atoms with Crippen molar-refractivity contribution in [1.29, 1.82) is 0 Å². The molecule has 7 nitrogen and oxygen atoms in total. The summed E-state index contributed by atoms with van der Waals surface area (Å²) in [6, 6.07) is 19.5. The van der Waals surface area contributed by atoms with Crippen LogP contribution in [0.2, 0.25) is 0 Å². The highest BCUT2D eigenvalue weighted by atomic mass is 16.5. The van der Waals surface area contributed by atoms with E-state index >= 15 is 0 Å². The highest BCUT2D eigenvalue weighted by molar-refractivity contribution is 5.93. The van der Waals surface area contributed by atoms with Gasteiger partial charge in [-0.1, -0.05) is 50.1 Å². The first-order valence-corrected chi connectivity index (χ1v) is 11.4. The van der Waals surface area contributed by atoms with E-state index in [0.29, 0.717) is 28.6 Å². The Kier molecular flexibility index (Phi) is 6.04. The summed E-state index contributed by atoms with van der Waals surface area (Å²) < 4.78 is 5.63. The van der Waals surface area contributed by atoms with Crippen molar-refractivity contribution in [3.05, 3.63) is 78.4 Å². The Morgan fingerprint density at radius 2 is 1.91 bits per heavy atom.